The number of carbonyl (C=O) groups excluding carboxylic acids is 1. The molecular weight excluding hydrogens is 204 g/mol. The van der Waals surface area contributed by atoms with E-state index >= 15 is 0 Å². The highest BCUT2D eigenvalue weighted by atomic mass is 16.3. The summed E-state index contributed by atoms with van der Waals surface area (Å²) in [4.78, 5) is 11.7. The highest BCUT2D eigenvalue weighted by molar-refractivity contribution is 5.80. The Kier molecular flexibility index (Phi) is 2.83. The van der Waals surface area contributed by atoms with Crippen molar-refractivity contribution in [3.63, 3.8) is 0 Å². The number of para-hydroxylation sites is 1. The summed E-state index contributed by atoms with van der Waals surface area (Å²) < 4.78 is 0. The van der Waals surface area contributed by atoms with Crippen LogP contribution in [0.25, 0.3) is 0 Å². The Morgan fingerprint density at radius 3 is 2.69 bits per heavy atom. The lowest BCUT2D eigenvalue weighted by atomic mass is 10.1. The molecule has 0 aromatic heterocycles. The first-order valence-corrected chi connectivity index (χ1v) is 5.43. The highest BCUT2D eigenvalue weighted by Gasteiger charge is 2.42. The summed E-state index contributed by atoms with van der Waals surface area (Å²) in [6.45, 7) is 0.486. The minimum Gasteiger partial charge on any atom is -0.508 e. The predicted octanol–water partition coefficient (Wildman–Crippen LogP) is 0.542. The molecule has 86 valence electrons. The van der Waals surface area contributed by atoms with Gasteiger partial charge in [-0.1, -0.05) is 18.2 Å². The van der Waals surface area contributed by atoms with Gasteiger partial charge in [0.25, 0.3) is 0 Å². The predicted molar refractivity (Wildman–Crippen MR) is 61.0 cm³/mol. The van der Waals surface area contributed by atoms with Crippen molar-refractivity contribution >= 4 is 5.91 Å². The fraction of sp³-hybridized carbons (Fsp3) is 0.417. The molecule has 1 aliphatic rings. The van der Waals surface area contributed by atoms with Crippen LogP contribution in [0.1, 0.15) is 18.4 Å². The molecule has 0 radical (unpaired) electrons. The van der Waals surface area contributed by atoms with Crippen molar-refractivity contribution in [1.29, 1.82) is 0 Å². The Morgan fingerprint density at radius 2 is 2.12 bits per heavy atom. The number of phenolic OH excluding ortho intramolecular Hbond substituents is 1. The summed E-state index contributed by atoms with van der Waals surface area (Å²) in [7, 11) is 0. The largest absolute Gasteiger partial charge is 0.508 e. The third kappa shape index (κ3) is 2.33. The topological polar surface area (TPSA) is 75.3 Å². The van der Waals surface area contributed by atoms with E-state index in [0.717, 1.165) is 12.8 Å². The van der Waals surface area contributed by atoms with E-state index in [9.17, 15) is 9.90 Å². The van der Waals surface area contributed by atoms with Gasteiger partial charge in [0.2, 0.25) is 5.91 Å². The molecule has 2 rings (SSSR count). The molecule has 0 heterocycles. The number of carbonyl (C=O) groups is 1. The van der Waals surface area contributed by atoms with Crippen LogP contribution in [0.2, 0.25) is 0 Å². The van der Waals surface area contributed by atoms with Crippen LogP contribution in [0.5, 0.6) is 5.75 Å². The van der Waals surface area contributed by atoms with Gasteiger partial charge in [0.1, 0.15) is 5.75 Å². The van der Waals surface area contributed by atoms with Gasteiger partial charge in [0.15, 0.2) is 0 Å². The zero-order valence-corrected chi connectivity index (χ0v) is 9.07. The minimum atomic E-state index is -0.165. The van der Waals surface area contributed by atoms with E-state index in [1.807, 2.05) is 0 Å². The highest BCUT2D eigenvalue weighted by Crippen LogP contribution is 2.34. The molecule has 0 unspecified atom stereocenters. The van der Waals surface area contributed by atoms with Crippen LogP contribution in [-0.2, 0) is 11.2 Å². The average Bonchev–Trinajstić information content (AvgIpc) is 3.02. The van der Waals surface area contributed by atoms with Gasteiger partial charge in [-0.25, -0.2) is 0 Å². The molecule has 0 saturated heterocycles. The molecule has 0 spiro atoms. The first-order valence-electron chi connectivity index (χ1n) is 5.43. The molecular formula is C12H16N2O2. The summed E-state index contributed by atoms with van der Waals surface area (Å²) in [5.41, 5.74) is 6.06. The van der Waals surface area contributed by atoms with Crippen LogP contribution >= 0.6 is 0 Å². The molecule has 1 aromatic rings. The first kappa shape index (κ1) is 11.0. The standard InChI is InChI=1S/C12H16N2O2/c13-8-12(5-6-12)14-11(16)7-9-3-1-2-4-10(9)15/h1-4,15H,5-8,13H2,(H,14,16). The lowest BCUT2D eigenvalue weighted by molar-refractivity contribution is -0.121. The van der Waals surface area contributed by atoms with E-state index in [4.69, 9.17) is 5.73 Å². The molecule has 4 heteroatoms. The summed E-state index contributed by atoms with van der Waals surface area (Å²) in [6.07, 6.45) is 2.11. The van der Waals surface area contributed by atoms with E-state index in [0.29, 0.717) is 12.1 Å². The van der Waals surface area contributed by atoms with Crippen LogP contribution in [-0.4, -0.2) is 23.1 Å². The molecule has 1 saturated carbocycles. The summed E-state index contributed by atoms with van der Waals surface area (Å²) in [6, 6.07) is 6.87. The van der Waals surface area contributed by atoms with Gasteiger partial charge in [-0.3, -0.25) is 4.79 Å². The maximum absolute atomic E-state index is 11.7. The van der Waals surface area contributed by atoms with Crippen LogP contribution < -0.4 is 11.1 Å². The van der Waals surface area contributed by atoms with Crippen molar-refractivity contribution in [2.45, 2.75) is 24.8 Å². The second-order valence-electron chi connectivity index (χ2n) is 4.34. The molecule has 1 amide bonds. The monoisotopic (exact) mass is 220 g/mol. The molecule has 1 fully saturated rings. The third-order valence-electron chi connectivity index (χ3n) is 2.99. The van der Waals surface area contributed by atoms with Crippen molar-refractivity contribution in [3.05, 3.63) is 29.8 Å². The Morgan fingerprint density at radius 1 is 1.44 bits per heavy atom. The van der Waals surface area contributed by atoms with Crippen LogP contribution in [0, 0.1) is 0 Å². The minimum absolute atomic E-state index is 0.0792. The van der Waals surface area contributed by atoms with Crippen molar-refractivity contribution in [1.82, 2.24) is 5.32 Å². The van der Waals surface area contributed by atoms with Crippen molar-refractivity contribution < 1.29 is 9.90 Å². The van der Waals surface area contributed by atoms with Crippen molar-refractivity contribution in [3.8, 4) is 5.75 Å². The number of amides is 1. The van der Waals surface area contributed by atoms with Crippen LogP contribution in [0.4, 0.5) is 0 Å². The van der Waals surface area contributed by atoms with E-state index < -0.39 is 0 Å². The number of nitrogens with two attached hydrogens (primary N) is 1. The zero-order valence-electron chi connectivity index (χ0n) is 9.07. The summed E-state index contributed by atoms with van der Waals surface area (Å²) in [5, 5.41) is 12.4. The van der Waals surface area contributed by atoms with Gasteiger partial charge in [0.05, 0.1) is 12.0 Å². The molecule has 16 heavy (non-hydrogen) atoms. The van der Waals surface area contributed by atoms with Crippen molar-refractivity contribution in [2.75, 3.05) is 6.54 Å². The lowest BCUT2D eigenvalue weighted by Gasteiger charge is -2.15. The first-order chi connectivity index (χ1) is 7.65. The smallest absolute Gasteiger partial charge is 0.225 e. The zero-order chi connectivity index (χ0) is 11.6. The number of phenols is 1. The van der Waals surface area contributed by atoms with Gasteiger partial charge in [0, 0.05) is 12.1 Å². The van der Waals surface area contributed by atoms with Crippen LogP contribution in [0.15, 0.2) is 24.3 Å². The molecule has 0 atom stereocenters. The summed E-state index contributed by atoms with van der Waals surface area (Å²) in [5.74, 6) is 0.0831. The second-order valence-corrected chi connectivity index (χ2v) is 4.34. The fourth-order valence-electron chi connectivity index (χ4n) is 1.70. The molecule has 1 aliphatic carbocycles. The fourth-order valence-corrected chi connectivity index (χ4v) is 1.70. The molecule has 1 aromatic carbocycles. The second kappa shape index (κ2) is 4.14. The quantitative estimate of drug-likeness (QED) is 0.693. The van der Waals surface area contributed by atoms with E-state index in [1.54, 1.807) is 24.3 Å². The van der Waals surface area contributed by atoms with Crippen molar-refractivity contribution in [2.24, 2.45) is 5.73 Å². The number of hydrogen-bond acceptors (Lipinski definition) is 3. The number of aromatic hydroxyl groups is 1. The SMILES string of the molecule is NCC1(NC(=O)Cc2ccccc2O)CC1. The van der Waals surface area contributed by atoms with Crippen LogP contribution in [0.3, 0.4) is 0 Å². The Bertz CT molecular complexity index is 400. The average molecular weight is 220 g/mol. The Balaban J connectivity index is 1.95. The van der Waals surface area contributed by atoms with E-state index in [1.165, 1.54) is 0 Å². The molecule has 4 nitrogen and oxygen atoms in total. The maximum Gasteiger partial charge on any atom is 0.225 e. The molecule has 4 N–H and O–H groups in total. The van der Waals surface area contributed by atoms with Gasteiger partial charge in [-0.2, -0.15) is 0 Å². The third-order valence-corrected chi connectivity index (χ3v) is 2.99. The maximum atomic E-state index is 11.7. The Hall–Kier alpha value is -1.55. The normalized spacial score (nSPS) is 16.8. The van der Waals surface area contributed by atoms with Gasteiger partial charge < -0.3 is 16.2 Å². The summed E-state index contributed by atoms with van der Waals surface area (Å²) >= 11 is 0. The number of hydrogen-bond donors (Lipinski definition) is 3. The van der Waals surface area contributed by atoms with Gasteiger partial charge in [-0.05, 0) is 18.9 Å². The van der Waals surface area contributed by atoms with E-state index in [-0.39, 0.29) is 23.6 Å². The van der Waals surface area contributed by atoms with Gasteiger partial charge >= 0.3 is 0 Å². The lowest BCUT2D eigenvalue weighted by Crippen LogP contribution is -2.43. The Labute approximate surface area is 94.5 Å². The molecule has 0 bridgehead atoms. The molecule has 0 aliphatic heterocycles. The van der Waals surface area contributed by atoms with Gasteiger partial charge in [-0.15, -0.1) is 0 Å². The van der Waals surface area contributed by atoms with E-state index in [2.05, 4.69) is 5.32 Å². The number of rotatable bonds is 4. The number of benzene rings is 1. The number of nitrogens with one attached hydrogen (secondary N) is 1.